The number of aromatic nitrogens is 2. The van der Waals surface area contributed by atoms with Crippen LogP contribution in [0.15, 0.2) is 41.2 Å². The highest BCUT2D eigenvalue weighted by Crippen LogP contribution is 2.16. The number of aryl methyl sites for hydroxylation is 2. The number of benzene rings is 2. The molecule has 21 heavy (non-hydrogen) atoms. The van der Waals surface area contributed by atoms with Crippen LogP contribution in [0.25, 0.3) is 11.0 Å². The monoisotopic (exact) mass is 281 g/mol. The molecule has 2 aromatic carbocycles. The van der Waals surface area contributed by atoms with Crippen LogP contribution in [0.4, 0.5) is 5.69 Å². The first-order valence-electron chi connectivity index (χ1n) is 6.63. The second-order valence-corrected chi connectivity index (χ2v) is 5.09. The Morgan fingerprint density at radius 1 is 0.952 bits per heavy atom. The van der Waals surface area contributed by atoms with Crippen LogP contribution in [-0.2, 0) is 0 Å². The number of fused-ring (bicyclic) bond motifs is 1. The number of carbonyl (C=O) groups excluding carboxylic acids is 1. The lowest BCUT2D eigenvalue weighted by molar-refractivity contribution is 0.102. The number of anilines is 1. The first-order valence-corrected chi connectivity index (χ1v) is 6.63. The van der Waals surface area contributed by atoms with Gasteiger partial charge in [0.25, 0.3) is 5.91 Å². The van der Waals surface area contributed by atoms with Crippen molar-refractivity contribution >= 4 is 22.6 Å². The minimum Gasteiger partial charge on any atom is -0.322 e. The van der Waals surface area contributed by atoms with Gasteiger partial charge < -0.3 is 15.3 Å². The largest absolute Gasteiger partial charge is 0.323 e. The Morgan fingerprint density at radius 2 is 1.71 bits per heavy atom. The third-order valence-corrected chi connectivity index (χ3v) is 3.54. The summed E-state index contributed by atoms with van der Waals surface area (Å²) in [6.07, 6.45) is 0. The SMILES string of the molecule is Cc1ccc(NC(=O)c2ccc3[nH]c(=O)[nH]c3c2)cc1C. The minimum absolute atomic E-state index is 0.206. The smallest absolute Gasteiger partial charge is 0.322 e. The molecule has 1 heterocycles. The summed E-state index contributed by atoms with van der Waals surface area (Å²) in [5, 5.41) is 2.86. The Morgan fingerprint density at radius 3 is 2.48 bits per heavy atom. The van der Waals surface area contributed by atoms with E-state index in [1.807, 2.05) is 32.0 Å². The van der Waals surface area contributed by atoms with E-state index in [-0.39, 0.29) is 11.6 Å². The molecule has 0 aliphatic heterocycles. The van der Waals surface area contributed by atoms with Crippen molar-refractivity contribution in [2.45, 2.75) is 13.8 Å². The van der Waals surface area contributed by atoms with E-state index in [0.29, 0.717) is 16.6 Å². The van der Waals surface area contributed by atoms with Crippen molar-refractivity contribution in [3.63, 3.8) is 0 Å². The number of rotatable bonds is 2. The standard InChI is InChI=1S/C16H15N3O2/c1-9-3-5-12(7-10(9)2)17-15(20)11-4-6-13-14(8-11)19-16(21)18-13/h3-8H,1-2H3,(H,17,20)(H2,18,19,21). The molecule has 1 aromatic heterocycles. The molecule has 3 rings (SSSR count). The first-order chi connectivity index (χ1) is 10.0. The Bertz CT molecular complexity index is 890. The molecule has 0 unspecified atom stereocenters. The van der Waals surface area contributed by atoms with Gasteiger partial charge in [0.15, 0.2) is 0 Å². The number of carbonyl (C=O) groups is 1. The summed E-state index contributed by atoms with van der Waals surface area (Å²) in [5.74, 6) is -0.206. The maximum Gasteiger partial charge on any atom is 0.323 e. The summed E-state index contributed by atoms with van der Waals surface area (Å²) >= 11 is 0. The number of hydrogen-bond acceptors (Lipinski definition) is 2. The molecule has 5 heteroatoms. The summed E-state index contributed by atoms with van der Waals surface area (Å²) in [6.45, 7) is 4.03. The normalized spacial score (nSPS) is 10.8. The molecule has 0 saturated heterocycles. The van der Waals surface area contributed by atoms with Crippen LogP contribution in [0.2, 0.25) is 0 Å². The zero-order valence-electron chi connectivity index (χ0n) is 11.8. The predicted molar refractivity (Wildman–Crippen MR) is 82.8 cm³/mol. The first kappa shape index (κ1) is 13.2. The van der Waals surface area contributed by atoms with Crippen LogP contribution in [0.1, 0.15) is 21.5 Å². The summed E-state index contributed by atoms with van der Waals surface area (Å²) in [4.78, 5) is 28.8. The van der Waals surface area contributed by atoms with E-state index in [0.717, 1.165) is 11.3 Å². The molecular formula is C16H15N3O2. The van der Waals surface area contributed by atoms with Gasteiger partial charge in [0.1, 0.15) is 0 Å². The van der Waals surface area contributed by atoms with E-state index in [9.17, 15) is 9.59 Å². The Labute approximate surface area is 121 Å². The number of aromatic amines is 2. The van der Waals surface area contributed by atoms with E-state index in [2.05, 4.69) is 15.3 Å². The van der Waals surface area contributed by atoms with Crippen molar-refractivity contribution < 1.29 is 4.79 Å². The van der Waals surface area contributed by atoms with Crippen molar-refractivity contribution in [1.29, 1.82) is 0 Å². The van der Waals surface area contributed by atoms with Crippen LogP contribution in [-0.4, -0.2) is 15.9 Å². The average Bonchev–Trinajstić information content (AvgIpc) is 2.82. The van der Waals surface area contributed by atoms with Crippen molar-refractivity contribution in [2.24, 2.45) is 0 Å². The molecule has 3 aromatic rings. The summed E-state index contributed by atoms with van der Waals surface area (Å²) in [5.41, 5.74) is 4.58. The summed E-state index contributed by atoms with van der Waals surface area (Å²) in [6, 6.07) is 10.8. The number of hydrogen-bond donors (Lipinski definition) is 3. The molecule has 0 radical (unpaired) electrons. The number of amides is 1. The van der Waals surface area contributed by atoms with Crippen LogP contribution in [0.5, 0.6) is 0 Å². The average molecular weight is 281 g/mol. The molecule has 106 valence electrons. The van der Waals surface area contributed by atoms with E-state index >= 15 is 0 Å². The summed E-state index contributed by atoms with van der Waals surface area (Å²) in [7, 11) is 0. The lowest BCUT2D eigenvalue weighted by Gasteiger charge is -2.07. The van der Waals surface area contributed by atoms with Gasteiger partial charge in [0, 0.05) is 11.3 Å². The zero-order valence-corrected chi connectivity index (χ0v) is 11.8. The highest BCUT2D eigenvalue weighted by Gasteiger charge is 2.08. The molecule has 0 spiro atoms. The van der Waals surface area contributed by atoms with Crippen LogP contribution in [0.3, 0.4) is 0 Å². The van der Waals surface area contributed by atoms with Gasteiger partial charge in [-0.15, -0.1) is 0 Å². The van der Waals surface area contributed by atoms with Crippen LogP contribution in [0, 0.1) is 13.8 Å². The fraction of sp³-hybridized carbons (Fsp3) is 0.125. The highest BCUT2D eigenvalue weighted by molar-refractivity contribution is 6.05. The van der Waals surface area contributed by atoms with Gasteiger partial charge in [-0.1, -0.05) is 6.07 Å². The van der Waals surface area contributed by atoms with Gasteiger partial charge in [-0.05, 0) is 55.3 Å². The quantitative estimate of drug-likeness (QED) is 0.675. The van der Waals surface area contributed by atoms with Crippen LogP contribution < -0.4 is 11.0 Å². The maximum absolute atomic E-state index is 12.2. The fourth-order valence-corrected chi connectivity index (χ4v) is 2.20. The van der Waals surface area contributed by atoms with Crippen molar-refractivity contribution in [1.82, 2.24) is 9.97 Å². The Balaban J connectivity index is 1.89. The van der Waals surface area contributed by atoms with Crippen molar-refractivity contribution in [2.75, 3.05) is 5.32 Å². The van der Waals surface area contributed by atoms with Crippen molar-refractivity contribution in [3.8, 4) is 0 Å². The second kappa shape index (κ2) is 4.94. The molecular weight excluding hydrogens is 266 g/mol. The molecule has 0 aliphatic rings. The third kappa shape index (κ3) is 2.58. The van der Waals surface area contributed by atoms with Gasteiger partial charge in [0.2, 0.25) is 0 Å². The third-order valence-electron chi connectivity index (χ3n) is 3.54. The van der Waals surface area contributed by atoms with Gasteiger partial charge in [0.05, 0.1) is 11.0 Å². The molecule has 0 aliphatic carbocycles. The molecule has 0 bridgehead atoms. The zero-order chi connectivity index (χ0) is 15.0. The van der Waals surface area contributed by atoms with Gasteiger partial charge in [-0.2, -0.15) is 0 Å². The van der Waals surface area contributed by atoms with E-state index in [4.69, 9.17) is 0 Å². The molecule has 0 fully saturated rings. The maximum atomic E-state index is 12.2. The fourth-order valence-electron chi connectivity index (χ4n) is 2.20. The molecule has 1 amide bonds. The van der Waals surface area contributed by atoms with E-state index < -0.39 is 0 Å². The van der Waals surface area contributed by atoms with Gasteiger partial charge in [-0.25, -0.2) is 4.79 Å². The van der Waals surface area contributed by atoms with E-state index in [1.165, 1.54) is 5.56 Å². The topological polar surface area (TPSA) is 77.8 Å². The lowest BCUT2D eigenvalue weighted by atomic mass is 10.1. The number of nitrogens with one attached hydrogen (secondary N) is 3. The molecule has 0 atom stereocenters. The minimum atomic E-state index is -0.281. The van der Waals surface area contributed by atoms with Gasteiger partial charge >= 0.3 is 5.69 Å². The van der Waals surface area contributed by atoms with Gasteiger partial charge in [-0.3, -0.25) is 4.79 Å². The molecule has 5 nitrogen and oxygen atoms in total. The lowest BCUT2D eigenvalue weighted by Crippen LogP contribution is -2.11. The highest BCUT2D eigenvalue weighted by atomic mass is 16.2. The Kier molecular flexibility index (Phi) is 3.10. The van der Waals surface area contributed by atoms with E-state index in [1.54, 1.807) is 18.2 Å². The Hall–Kier alpha value is -2.82. The second-order valence-electron chi connectivity index (χ2n) is 5.09. The molecule has 0 saturated carbocycles. The summed E-state index contributed by atoms with van der Waals surface area (Å²) < 4.78 is 0. The van der Waals surface area contributed by atoms with Crippen molar-refractivity contribution in [3.05, 3.63) is 63.6 Å². The van der Waals surface area contributed by atoms with Crippen LogP contribution >= 0.6 is 0 Å². The predicted octanol–water partition coefficient (Wildman–Crippen LogP) is 2.73. The number of H-pyrrole nitrogens is 2. The molecule has 3 N–H and O–H groups in total. The number of imidazole rings is 1.